The lowest BCUT2D eigenvalue weighted by molar-refractivity contribution is 0.0201. The predicted octanol–water partition coefficient (Wildman–Crippen LogP) is -0.0225. The molecule has 1 aromatic carbocycles. The standard InChI is InChI=1S/C13H20N2O4/c1-7-9(13(18)19-3)4-8(5-10(7)14)12(17)11(16)6-15-2/h4-5,11-12,15-17H,6,14H2,1-3H3. The number of nitrogens with two attached hydrogens (primary N) is 1. The third-order valence-electron chi connectivity index (χ3n) is 2.99. The molecule has 2 atom stereocenters. The van der Waals surface area contributed by atoms with Crippen LogP contribution >= 0.6 is 0 Å². The van der Waals surface area contributed by atoms with E-state index < -0.39 is 18.2 Å². The molecule has 6 nitrogen and oxygen atoms in total. The molecule has 0 bridgehead atoms. The second kappa shape index (κ2) is 6.51. The fraction of sp³-hybridized carbons (Fsp3) is 0.462. The first-order chi connectivity index (χ1) is 8.92. The molecule has 0 aliphatic rings. The quantitative estimate of drug-likeness (QED) is 0.442. The van der Waals surface area contributed by atoms with Gasteiger partial charge < -0.3 is 26.0 Å². The number of anilines is 1. The summed E-state index contributed by atoms with van der Waals surface area (Å²) in [6.45, 7) is 1.92. The Kier molecular flexibility index (Phi) is 5.29. The number of carbonyl (C=O) groups excluding carboxylic acids is 1. The van der Waals surface area contributed by atoms with Crippen molar-refractivity contribution in [2.75, 3.05) is 26.4 Å². The van der Waals surface area contributed by atoms with Crippen molar-refractivity contribution in [1.82, 2.24) is 5.32 Å². The van der Waals surface area contributed by atoms with Crippen LogP contribution in [-0.2, 0) is 4.74 Å². The van der Waals surface area contributed by atoms with E-state index in [9.17, 15) is 15.0 Å². The van der Waals surface area contributed by atoms with Gasteiger partial charge in [0, 0.05) is 12.2 Å². The maximum Gasteiger partial charge on any atom is 0.338 e. The summed E-state index contributed by atoms with van der Waals surface area (Å²) in [5, 5.41) is 22.5. The Morgan fingerprint density at radius 3 is 2.63 bits per heavy atom. The summed E-state index contributed by atoms with van der Waals surface area (Å²) >= 11 is 0. The van der Waals surface area contributed by atoms with E-state index in [0.717, 1.165) is 0 Å². The van der Waals surface area contributed by atoms with Gasteiger partial charge in [0.05, 0.1) is 18.8 Å². The van der Waals surface area contributed by atoms with E-state index in [2.05, 4.69) is 10.1 Å². The smallest absolute Gasteiger partial charge is 0.338 e. The molecule has 0 aliphatic carbocycles. The highest BCUT2D eigenvalue weighted by molar-refractivity contribution is 5.92. The van der Waals surface area contributed by atoms with Crippen LogP contribution in [0.1, 0.15) is 27.6 Å². The van der Waals surface area contributed by atoms with Gasteiger partial charge in [0.15, 0.2) is 0 Å². The van der Waals surface area contributed by atoms with E-state index in [1.54, 1.807) is 20.0 Å². The molecule has 0 saturated heterocycles. The SMILES string of the molecule is CNCC(O)C(O)c1cc(N)c(C)c(C(=O)OC)c1. The normalized spacial score (nSPS) is 13.9. The van der Waals surface area contributed by atoms with E-state index in [-0.39, 0.29) is 12.1 Å². The number of rotatable bonds is 5. The summed E-state index contributed by atoms with van der Waals surface area (Å²) in [7, 11) is 2.94. The Balaban J connectivity index is 3.16. The van der Waals surface area contributed by atoms with Gasteiger partial charge in [-0.15, -0.1) is 0 Å². The number of nitrogen functional groups attached to an aromatic ring is 1. The molecule has 5 N–H and O–H groups in total. The Hall–Kier alpha value is -1.63. The van der Waals surface area contributed by atoms with Gasteiger partial charge >= 0.3 is 5.97 Å². The summed E-state index contributed by atoms with van der Waals surface area (Å²) in [5.74, 6) is -0.527. The van der Waals surface area contributed by atoms with Crippen LogP contribution in [0.3, 0.4) is 0 Å². The third kappa shape index (κ3) is 3.44. The van der Waals surface area contributed by atoms with Crippen molar-refractivity contribution in [3.8, 4) is 0 Å². The molecule has 6 heteroatoms. The van der Waals surface area contributed by atoms with Gasteiger partial charge in [0.1, 0.15) is 6.10 Å². The zero-order valence-corrected chi connectivity index (χ0v) is 11.3. The first-order valence-electron chi connectivity index (χ1n) is 5.91. The number of esters is 1. The monoisotopic (exact) mass is 268 g/mol. The second-order valence-corrected chi connectivity index (χ2v) is 4.34. The van der Waals surface area contributed by atoms with Crippen LogP contribution in [0.2, 0.25) is 0 Å². The second-order valence-electron chi connectivity index (χ2n) is 4.34. The predicted molar refractivity (Wildman–Crippen MR) is 71.8 cm³/mol. The van der Waals surface area contributed by atoms with Gasteiger partial charge in [-0.3, -0.25) is 0 Å². The number of benzene rings is 1. The molecule has 0 aromatic heterocycles. The lowest BCUT2D eigenvalue weighted by Crippen LogP contribution is -2.29. The Morgan fingerprint density at radius 1 is 1.47 bits per heavy atom. The van der Waals surface area contributed by atoms with Crippen molar-refractivity contribution >= 4 is 11.7 Å². The molecule has 0 spiro atoms. The van der Waals surface area contributed by atoms with Crippen LogP contribution in [-0.4, -0.2) is 43.0 Å². The number of hydrogen-bond acceptors (Lipinski definition) is 6. The van der Waals surface area contributed by atoms with Gasteiger partial charge in [-0.05, 0) is 37.2 Å². The van der Waals surface area contributed by atoms with E-state index in [1.807, 2.05) is 0 Å². The summed E-state index contributed by atoms with van der Waals surface area (Å²) < 4.78 is 4.66. The summed E-state index contributed by atoms with van der Waals surface area (Å²) in [5.41, 5.74) is 7.43. The topological polar surface area (TPSA) is 105 Å². The van der Waals surface area contributed by atoms with Gasteiger partial charge in [-0.25, -0.2) is 4.79 Å². The highest BCUT2D eigenvalue weighted by atomic mass is 16.5. The Bertz CT molecular complexity index is 462. The molecule has 106 valence electrons. The average molecular weight is 268 g/mol. The van der Waals surface area contributed by atoms with E-state index in [1.165, 1.54) is 13.2 Å². The number of aliphatic hydroxyl groups excluding tert-OH is 2. The molecule has 0 saturated carbocycles. The number of methoxy groups -OCH3 is 1. The molecule has 0 radical (unpaired) electrons. The van der Waals surface area contributed by atoms with Crippen LogP contribution in [0.4, 0.5) is 5.69 Å². The van der Waals surface area contributed by atoms with Crippen molar-refractivity contribution in [2.45, 2.75) is 19.1 Å². The van der Waals surface area contributed by atoms with Crippen molar-refractivity contribution in [3.05, 3.63) is 28.8 Å². The molecule has 1 rings (SSSR count). The van der Waals surface area contributed by atoms with Crippen molar-refractivity contribution in [2.24, 2.45) is 0 Å². The van der Waals surface area contributed by atoms with Gasteiger partial charge in [-0.2, -0.15) is 0 Å². The number of hydrogen-bond donors (Lipinski definition) is 4. The number of aliphatic hydroxyl groups is 2. The fourth-order valence-corrected chi connectivity index (χ4v) is 1.80. The third-order valence-corrected chi connectivity index (χ3v) is 2.99. The van der Waals surface area contributed by atoms with Gasteiger partial charge in [-0.1, -0.05) is 0 Å². The van der Waals surface area contributed by atoms with Crippen LogP contribution < -0.4 is 11.1 Å². The summed E-state index contributed by atoms with van der Waals surface area (Å²) in [4.78, 5) is 11.6. The lowest BCUT2D eigenvalue weighted by atomic mass is 9.97. The minimum absolute atomic E-state index is 0.225. The maximum atomic E-state index is 11.6. The van der Waals surface area contributed by atoms with Crippen molar-refractivity contribution < 1.29 is 19.7 Å². The Morgan fingerprint density at radius 2 is 2.11 bits per heavy atom. The van der Waals surface area contributed by atoms with Crippen molar-refractivity contribution in [3.63, 3.8) is 0 Å². The van der Waals surface area contributed by atoms with Crippen molar-refractivity contribution in [1.29, 1.82) is 0 Å². The molecule has 1 aromatic rings. The lowest BCUT2D eigenvalue weighted by Gasteiger charge is -2.19. The molecular weight excluding hydrogens is 248 g/mol. The zero-order chi connectivity index (χ0) is 14.6. The van der Waals surface area contributed by atoms with E-state index in [0.29, 0.717) is 16.8 Å². The number of likely N-dealkylation sites (N-methyl/N-ethyl adjacent to an activating group) is 1. The summed E-state index contributed by atoms with van der Waals surface area (Å²) in [6.07, 6.45) is -2.11. The number of ether oxygens (including phenoxy) is 1. The van der Waals surface area contributed by atoms with Crippen LogP contribution in [0.15, 0.2) is 12.1 Å². The first kappa shape index (κ1) is 15.4. The van der Waals surface area contributed by atoms with E-state index in [4.69, 9.17) is 5.73 Å². The highest BCUT2D eigenvalue weighted by Gasteiger charge is 2.21. The minimum atomic E-state index is -1.13. The van der Waals surface area contributed by atoms with E-state index >= 15 is 0 Å². The van der Waals surface area contributed by atoms with Crippen LogP contribution in [0, 0.1) is 6.92 Å². The van der Waals surface area contributed by atoms with Gasteiger partial charge in [0.25, 0.3) is 0 Å². The minimum Gasteiger partial charge on any atom is -0.465 e. The molecule has 19 heavy (non-hydrogen) atoms. The maximum absolute atomic E-state index is 11.6. The molecule has 2 unspecified atom stereocenters. The van der Waals surface area contributed by atoms with Gasteiger partial charge in [0.2, 0.25) is 0 Å². The first-order valence-corrected chi connectivity index (χ1v) is 5.91. The molecule has 0 amide bonds. The summed E-state index contributed by atoms with van der Waals surface area (Å²) in [6, 6.07) is 3.03. The molecule has 0 fully saturated rings. The largest absolute Gasteiger partial charge is 0.465 e. The molecule has 0 aliphatic heterocycles. The highest BCUT2D eigenvalue weighted by Crippen LogP contribution is 2.25. The zero-order valence-electron chi connectivity index (χ0n) is 11.3. The molecular formula is C13H20N2O4. The number of carbonyl (C=O) groups is 1. The number of nitrogens with one attached hydrogen (secondary N) is 1. The fourth-order valence-electron chi connectivity index (χ4n) is 1.80. The van der Waals surface area contributed by atoms with Crippen LogP contribution in [0.5, 0.6) is 0 Å². The van der Waals surface area contributed by atoms with Crippen LogP contribution in [0.25, 0.3) is 0 Å². The Labute approximate surface area is 112 Å². The average Bonchev–Trinajstić information content (AvgIpc) is 2.40. The molecule has 0 heterocycles.